The second kappa shape index (κ2) is 20.3. The second-order valence-corrected chi connectivity index (χ2v) is 16.1. The summed E-state index contributed by atoms with van der Waals surface area (Å²) in [4.78, 5) is 27.2. The molecule has 0 amide bonds. The Balaban J connectivity index is 1.69. The molecule has 12 nitrogen and oxygen atoms in total. The normalized spacial score (nSPS) is 18.6. The third-order valence-electron chi connectivity index (χ3n) is 10.1. The van der Waals surface area contributed by atoms with Gasteiger partial charge in [-0.2, -0.15) is 5.26 Å². The fourth-order valence-electron chi connectivity index (χ4n) is 7.46. The lowest BCUT2D eigenvalue weighted by atomic mass is 9.80. The van der Waals surface area contributed by atoms with E-state index in [0.717, 1.165) is 16.7 Å². The fourth-order valence-corrected chi connectivity index (χ4v) is 9.24. The number of hydrogen-bond donors (Lipinski definition) is 0. The molecule has 3 aromatic carbocycles. The summed E-state index contributed by atoms with van der Waals surface area (Å²) >= 11 is 0. The Morgan fingerprint density at radius 2 is 1.48 bits per heavy atom. The molecule has 58 heavy (non-hydrogen) atoms. The van der Waals surface area contributed by atoms with Gasteiger partial charge in [0, 0.05) is 30.4 Å². The smallest absolute Gasteiger partial charge is 0.333 e. The van der Waals surface area contributed by atoms with Gasteiger partial charge in [-0.3, -0.25) is 13.9 Å². The minimum atomic E-state index is -1.80. The van der Waals surface area contributed by atoms with Crippen LogP contribution in [0.15, 0.2) is 94.6 Å². The monoisotopic (exact) mass is 810 g/mol. The van der Waals surface area contributed by atoms with Crippen LogP contribution in [0.25, 0.3) is 0 Å². The van der Waals surface area contributed by atoms with Crippen LogP contribution in [0.4, 0.5) is 0 Å². The molecule has 0 radical (unpaired) electrons. The highest BCUT2D eigenvalue weighted by Crippen LogP contribution is 2.52. The molecule has 5 atom stereocenters. The van der Waals surface area contributed by atoms with Gasteiger partial charge in [-0.15, -0.1) is 6.42 Å². The van der Waals surface area contributed by atoms with Crippen LogP contribution < -0.4 is 20.7 Å². The third kappa shape index (κ3) is 9.40. The second-order valence-electron chi connectivity index (χ2n) is 14.6. The zero-order valence-electron chi connectivity index (χ0n) is 34.7. The Morgan fingerprint density at radius 3 is 1.98 bits per heavy atom. The molecule has 0 bridgehead atoms. The first kappa shape index (κ1) is 44.3. The van der Waals surface area contributed by atoms with Crippen molar-refractivity contribution in [3.63, 3.8) is 0 Å². The molecule has 5 rings (SSSR count). The first-order chi connectivity index (χ1) is 27.9. The highest BCUT2D eigenvalue weighted by Gasteiger charge is 2.50. The zero-order chi connectivity index (χ0) is 42.0. The number of aryl methyl sites for hydroxylation is 1. The number of benzene rings is 3. The van der Waals surface area contributed by atoms with Crippen LogP contribution >= 0.6 is 8.53 Å². The minimum absolute atomic E-state index is 0.00375. The SMILES string of the molecule is C#C[C@H]1[C@H](OP(OCCC#N)N(C(C)C)C(C)C)[C@@H](COC(c2ccccc2)(c2ccc(OC)cc2)c2ccc(OC)cc2)O[C@H]1n1cc(C)c(=O)n(CCC)c1=O. The van der Waals surface area contributed by atoms with Crippen molar-refractivity contribution in [2.45, 2.75) is 97.0 Å². The molecule has 1 aliphatic rings. The molecule has 308 valence electrons. The van der Waals surface area contributed by atoms with Crippen LogP contribution in [0.3, 0.4) is 0 Å². The largest absolute Gasteiger partial charge is 0.497 e. The first-order valence-corrected chi connectivity index (χ1v) is 20.8. The maximum Gasteiger partial charge on any atom is 0.333 e. The highest BCUT2D eigenvalue weighted by atomic mass is 31.2. The number of aromatic nitrogens is 2. The molecule has 0 N–H and O–H groups in total. The summed E-state index contributed by atoms with van der Waals surface area (Å²) < 4.78 is 43.4. The van der Waals surface area contributed by atoms with Crippen LogP contribution in [-0.4, -0.2) is 65.5 Å². The summed E-state index contributed by atoms with van der Waals surface area (Å²) in [5, 5.41) is 9.41. The number of terminal acetylenes is 1. The number of ether oxygens (including phenoxy) is 4. The number of nitrogens with zero attached hydrogens (tertiary/aromatic N) is 4. The van der Waals surface area contributed by atoms with Gasteiger partial charge >= 0.3 is 5.69 Å². The molecule has 0 aliphatic carbocycles. The quantitative estimate of drug-likeness (QED) is 0.0406. The van der Waals surface area contributed by atoms with Crippen LogP contribution in [0.1, 0.15) is 75.9 Å². The van der Waals surface area contributed by atoms with Crippen molar-refractivity contribution >= 4 is 8.53 Å². The zero-order valence-corrected chi connectivity index (χ0v) is 35.6. The molecular weight excluding hydrogens is 755 g/mol. The van der Waals surface area contributed by atoms with Crippen molar-refractivity contribution in [3.05, 3.63) is 128 Å². The Labute approximate surface area is 343 Å². The van der Waals surface area contributed by atoms with Gasteiger partial charge in [0.1, 0.15) is 29.3 Å². The molecule has 13 heteroatoms. The van der Waals surface area contributed by atoms with E-state index in [0.29, 0.717) is 23.5 Å². The molecule has 0 spiro atoms. The summed E-state index contributed by atoms with van der Waals surface area (Å²) in [6.07, 6.45) is 5.90. The topological polar surface area (TPSA) is 126 Å². The maximum atomic E-state index is 14.1. The predicted molar refractivity (Wildman–Crippen MR) is 225 cm³/mol. The van der Waals surface area contributed by atoms with Crippen molar-refractivity contribution in [1.82, 2.24) is 13.8 Å². The van der Waals surface area contributed by atoms with Crippen molar-refractivity contribution in [2.75, 3.05) is 27.4 Å². The average Bonchev–Trinajstić information content (AvgIpc) is 3.57. The summed E-state index contributed by atoms with van der Waals surface area (Å²) in [6.45, 7) is 12.1. The summed E-state index contributed by atoms with van der Waals surface area (Å²) in [7, 11) is 1.44. The fraction of sp³-hybridized carbons (Fsp3) is 0.444. The predicted octanol–water partition coefficient (Wildman–Crippen LogP) is 7.56. The number of methoxy groups -OCH3 is 2. The van der Waals surface area contributed by atoms with Gasteiger partial charge in [0.15, 0.2) is 6.23 Å². The highest BCUT2D eigenvalue weighted by molar-refractivity contribution is 7.44. The lowest BCUT2D eigenvalue weighted by molar-refractivity contribution is -0.0931. The van der Waals surface area contributed by atoms with Crippen molar-refractivity contribution in [1.29, 1.82) is 5.26 Å². The molecule has 1 unspecified atom stereocenters. The van der Waals surface area contributed by atoms with Crippen LogP contribution in [0, 0.1) is 36.5 Å². The van der Waals surface area contributed by atoms with E-state index in [9.17, 15) is 14.9 Å². The van der Waals surface area contributed by atoms with E-state index in [1.54, 1.807) is 21.1 Å². The molecule has 1 saturated heterocycles. The van der Waals surface area contributed by atoms with Crippen molar-refractivity contribution in [3.8, 4) is 29.9 Å². The van der Waals surface area contributed by atoms with E-state index in [2.05, 4.69) is 44.4 Å². The first-order valence-electron chi connectivity index (χ1n) is 19.6. The third-order valence-corrected chi connectivity index (χ3v) is 12.3. The summed E-state index contributed by atoms with van der Waals surface area (Å²) in [5.74, 6) is 3.44. The number of nitriles is 1. The van der Waals surface area contributed by atoms with Gasteiger partial charge in [-0.25, -0.2) is 9.46 Å². The van der Waals surface area contributed by atoms with Gasteiger partial charge in [-0.05, 0) is 82.0 Å². The number of hydrogen-bond acceptors (Lipinski definition) is 10. The molecule has 1 fully saturated rings. The van der Waals surface area contributed by atoms with E-state index >= 15 is 0 Å². The lowest BCUT2D eigenvalue weighted by Gasteiger charge is -2.39. The Kier molecular flexibility index (Phi) is 15.5. The van der Waals surface area contributed by atoms with E-state index in [1.165, 1.54) is 15.3 Å². The van der Waals surface area contributed by atoms with Crippen molar-refractivity contribution in [2.24, 2.45) is 5.92 Å². The van der Waals surface area contributed by atoms with Gasteiger partial charge in [0.05, 0.1) is 45.8 Å². The van der Waals surface area contributed by atoms with Crippen LogP contribution in [0.5, 0.6) is 11.5 Å². The molecular formula is C45H55N4O8P. The molecule has 1 aliphatic heterocycles. The van der Waals surface area contributed by atoms with E-state index in [-0.39, 0.29) is 43.8 Å². The Morgan fingerprint density at radius 1 is 0.914 bits per heavy atom. The maximum absolute atomic E-state index is 14.1. The van der Waals surface area contributed by atoms with Gasteiger partial charge < -0.3 is 28.0 Å². The van der Waals surface area contributed by atoms with E-state index in [4.69, 9.17) is 34.4 Å². The molecule has 2 heterocycles. The van der Waals surface area contributed by atoms with E-state index in [1.807, 2.05) is 85.8 Å². The van der Waals surface area contributed by atoms with Gasteiger partial charge in [-0.1, -0.05) is 67.4 Å². The Bertz CT molecular complexity index is 2090. The minimum Gasteiger partial charge on any atom is -0.497 e. The summed E-state index contributed by atoms with van der Waals surface area (Å²) in [6, 6.07) is 27.5. The molecule has 4 aromatic rings. The molecule has 1 aromatic heterocycles. The summed E-state index contributed by atoms with van der Waals surface area (Å²) in [5.41, 5.74) is 0.757. The standard InChI is InChI=1S/C45H55N4O8P/c1-10-27-47-42(50)33(7)29-48(44(47)51)43-39(11-2)41(57-58(55-28-15-26-46)49(31(3)4)32(5)6)40(56-43)30-54-45(34-16-13-12-14-17-34,35-18-22-37(52-8)23-19-35)36-20-24-38(53-9)25-21-36/h2,12-14,16-25,29,31-32,39-41,43H,10,15,27-28,30H2,1,3-9H3/t39-,40+,41-,43+,58?/m0/s1. The number of rotatable bonds is 19. The lowest BCUT2D eigenvalue weighted by Crippen LogP contribution is -2.43. The molecule has 0 saturated carbocycles. The van der Waals surface area contributed by atoms with E-state index < -0.39 is 44.2 Å². The van der Waals surface area contributed by atoms with Crippen LogP contribution in [-0.2, 0) is 30.7 Å². The van der Waals surface area contributed by atoms with Gasteiger partial charge in [0.2, 0.25) is 0 Å². The van der Waals surface area contributed by atoms with Crippen molar-refractivity contribution < 1.29 is 28.0 Å². The van der Waals surface area contributed by atoms with Gasteiger partial charge in [0.25, 0.3) is 14.1 Å². The Hall–Kier alpha value is -4.78. The van der Waals surface area contributed by atoms with Crippen LogP contribution in [0.2, 0.25) is 0 Å². The average molecular weight is 811 g/mol.